The van der Waals surface area contributed by atoms with Crippen LogP contribution in [0.25, 0.3) is 0 Å². The molecule has 0 aliphatic carbocycles. The number of halogens is 1. The molecular formula is C18H18ClNOS. The maximum Gasteiger partial charge on any atom is 0.325 e. The number of amides is 1. The molecule has 3 rings (SSSR count). The Kier molecular flexibility index (Phi) is 4.46. The van der Waals surface area contributed by atoms with E-state index < -0.39 is 5.37 Å². The average molecular weight is 332 g/mol. The van der Waals surface area contributed by atoms with E-state index in [9.17, 15) is 4.79 Å². The number of carbonyl (C=O) groups excluding carboxylic acids is 1. The van der Waals surface area contributed by atoms with Crippen LogP contribution < -0.4 is 4.90 Å². The summed E-state index contributed by atoms with van der Waals surface area (Å²) in [6.45, 7) is 4.33. The molecule has 0 radical (unpaired) electrons. The Labute approximate surface area is 140 Å². The van der Waals surface area contributed by atoms with Crippen molar-refractivity contribution in [2.45, 2.75) is 36.8 Å². The number of thioether (sulfide) groups is 1. The number of fused-ring (bicyclic) bond motifs is 2. The Hall–Kier alpha value is -1.45. The van der Waals surface area contributed by atoms with Gasteiger partial charge in [-0.25, -0.2) is 0 Å². The highest BCUT2D eigenvalue weighted by atomic mass is 35.5. The van der Waals surface area contributed by atoms with Gasteiger partial charge in [0.2, 0.25) is 0 Å². The zero-order valence-corrected chi connectivity index (χ0v) is 14.2. The van der Waals surface area contributed by atoms with Gasteiger partial charge in [0, 0.05) is 10.1 Å². The van der Waals surface area contributed by atoms with Gasteiger partial charge < -0.3 is 0 Å². The van der Waals surface area contributed by atoms with E-state index in [0.717, 1.165) is 34.7 Å². The molecule has 0 spiro atoms. The summed E-state index contributed by atoms with van der Waals surface area (Å²) in [6, 6.07) is 14.3. The second kappa shape index (κ2) is 6.35. The summed E-state index contributed by atoms with van der Waals surface area (Å²) in [5.41, 5.74) is 4.13. The summed E-state index contributed by atoms with van der Waals surface area (Å²) in [6.07, 6.45) is 1.83. The van der Waals surface area contributed by atoms with Crippen molar-refractivity contribution in [3.8, 4) is 0 Å². The minimum Gasteiger partial charge on any atom is -0.267 e. The van der Waals surface area contributed by atoms with E-state index in [1.165, 1.54) is 5.56 Å². The monoisotopic (exact) mass is 331 g/mol. The first kappa shape index (κ1) is 15.4. The zero-order valence-electron chi connectivity index (χ0n) is 12.7. The van der Waals surface area contributed by atoms with Crippen molar-refractivity contribution in [1.82, 2.24) is 0 Å². The van der Waals surface area contributed by atoms with Gasteiger partial charge in [0.1, 0.15) is 0 Å². The van der Waals surface area contributed by atoms with E-state index in [1.54, 1.807) is 16.7 Å². The highest BCUT2D eigenvalue weighted by Gasteiger charge is 2.25. The Morgan fingerprint density at radius 3 is 2.45 bits per heavy atom. The normalized spacial score (nSPS) is 13.5. The third-order valence-corrected chi connectivity index (χ3v) is 4.91. The van der Waals surface area contributed by atoms with E-state index >= 15 is 0 Å². The molecule has 4 heteroatoms. The number of aryl methyl sites for hydroxylation is 2. The Morgan fingerprint density at radius 1 is 1.09 bits per heavy atom. The van der Waals surface area contributed by atoms with Gasteiger partial charge in [-0.05, 0) is 53.8 Å². The zero-order chi connectivity index (χ0) is 15.7. The molecule has 0 atom stereocenters. The summed E-state index contributed by atoms with van der Waals surface area (Å²) < 4.78 is 0. The second-order valence-corrected chi connectivity index (χ2v) is 7.65. The SMILES string of the molecule is CC(C)Sc1ccc2c(c1)N(C(=O)Cl)c1ccccc1CC2. The van der Waals surface area contributed by atoms with E-state index in [4.69, 9.17) is 11.6 Å². The number of benzene rings is 2. The third-order valence-electron chi connectivity index (χ3n) is 3.74. The van der Waals surface area contributed by atoms with Crippen molar-refractivity contribution < 1.29 is 4.79 Å². The summed E-state index contributed by atoms with van der Waals surface area (Å²) in [5.74, 6) is 0. The van der Waals surface area contributed by atoms with Gasteiger partial charge in [-0.2, -0.15) is 0 Å². The summed E-state index contributed by atoms with van der Waals surface area (Å²) in [5, 5.41) is 0.0403. The number of hydrogen-bond donors (Lipinski definition) is 0. The fourth-order valence-electron chi connectivity index (χ4n) is 2.84. The van der Waals surface area contributed by atoms with E-state index in [-0.39, 0.29) is 0 Å². The molecule has 0 unspecified atom stereocenters. The first-order chi connectivity index (χ1) is 10.6. The molecule has 1 aliphatic rings. The number of nitrogens with zero attached hydrogens (tertiary/aromatic N) is 1. The van der Waals surface area contributed by atoms with Crippen LogP contribution in [-0.2, 0) is 12.8 Å². The molecule has 1 aliphatic heterocycles. The Bertz CT molecular complexity index is 714. The van der Waals surface area contributed by atoms with Crippen LogP contribution in [0.2, 0.25) is 0 Å². The Morgan fingerprint density at radius 2 is 1.77 bits per heavy atom. The molecule has 0 N–H and O–H groups in total. The van der Waals surface area contributed by atoms with Gasteiger partial charge in [-0.15, -0.1) is 11.8 Å². The van der Waals surface area contributed by atoms with Crippen LogP contribution in [0.15, 0.2) is 47.4 Å². The van der Waals surface area contributed by atoms with Crippen molar-refractivity contribution in [2.24, 2.45) is 0 Å². The van der Waals surface area contributed by atoms with Gasteiger partial charge in [0.15, 0.2) is 0 Å². The molecule has 0 saturated carbocycles. The van der Waals surface area contributed by atoms with Crippen LogP contribution in [0.3, 0.4) is 0 Å². The van der Waals surface area contributed by atoms with Crippen LogP contribution >= 0.6 is 23.4 Å². The molecule has 0 fully saturated rings. The maximum atomic E-state index is 12.1. The van der Waals surface area contributed by atoms with Crippen molar-refractivity contribution in [2.75, 3.05) is 4.90 Å². The first-order valence-corrected chi connectivity index (χ1v) is 8.69. The van der Waals surface area contributed by atoms with Crippen molar-refractivity contribution in [3.05, 3.63) is 53.6 Å². The van der Waals surface area contributed by atoms with Crippen LogP contribution in [-0.4, -0.2) is 10.6 Å². The number of hydrogen-bond acceptors (Lipinski definition) is 2. The highest BCUT2D eigenvalue weighted by Crippen LogP contribution is 2.39. The molecule has 0 aromatic heterocycles. The van der Waals surface area contributed by atoms with Crippen molar-refractivity contribution in [3.63, 3.8) is 0 Å². The number of para-hydroxylation sites is 1. The summed E-state index contributed by atoms with van der Waals surface area (Å²) in [4.78, 5) is 14.9. The lowest BCUT2D eigenvalue weighted by Gasteiger charge is -2.23. The molecule has 114 valence electrons. The average Bonchev–Trinajstić information content (AvgIpc) is 2.62. The lowest BCUT2D eigenvalue weighted by Crippen LogP contribution is -2.20. The van der Waals surface area contributed by atoms with Crippen molar-refractivity contribution >= 4 is 40.1 Å². The molecule has 0 saturated heterocycles. The smallest absolute Gasteiger partial charge is 0.267 e. The molecule has 1 heterocycles. The highest BCUT2D eigenvalue weighted by molar-refractivity contribution is 7.99. The van der Waals surface area contributed by atoms with Gasteiger partial charge >= 0.3 is 5.37 Å². The molecule has 2 nitrogen and oxygen atoms in total. The minimum atomic E-state index is -0.456. The molecule has 0 bridgehead atoms. The standard InChI is InChI=1S/C18H18ClNOS/c1-12(2)22-15-10-9-14-8-7-13-5-3-4-6-16(13)20(18(19)21)17(14)11-15/h3-6,9-12H,7-8H2,1-2H3. The molecule has 2 aromatic rings. The predicted octanol–water partition coefficient (Wildman–Crippen LogP) is 5.78. The van der Waals surface area contributed by atoms with Gasteiger partial charge in [-0.1, -0.05) is 38.1 Å². The lowest BCUT2D eigenvalue weighted by molar-refractivity contribution is 0.266. The maximum absolute atomic E-state index is 12.1. The Balaban J connectivity index is 2.14. The van der Waals surface area contributed by atoms with E-state index in [2.05, 4.69) is 38.1 Å². The van der Waals surface area contributed by atoms with Crippen molar-refractivity contribution in [1.29, 1.82) is 0 Å². The van der Waals surface area contributed by atoms with Gasteiger partial charge in [0.05, 0.1) is 11.4 Å². The van der Waals surface area contributed by atoms with Crippen LogP contribution in [0.1, 0.15) is 25.0 Å². The first-order valence-electron chi connectivity index (χ1n) is 7.43. The predicted molar refractivity (Wildman–Crippen MR) is 94.7 cm³/mol. The summed E-state index contributed by atoms with van der Waals surface area (Å²) in [7, 11) is 0. The molecule has 22 heavy (non-hydrogen) atoms. The van der Waals surface area contributed by atoms with E-state index in [0.29, 0.717) is 5.25 Å². The topological polar surface area (TPSA) is 20.3 Å². The third kappa shape index (κ3) is 3.01. The number of anilines is 2. The van der Waals surface area contributed by atoms with Crippen LogP contribution in [0, 0.1) is 0 Å². The fourth-order valence-corrected chi connectivity index (χ4v) is 3.89. The van der Waals surface area contributed by atoms with E-state index in [1.807, 2.05) is 18.2 Å². The van der Waals surface area contributed by atoms with Crippen LogP contribution in [0.4, 0.5) is 16.2 Å². The second-order valence-electron chi connectivity index (χ2n) is 5.67. The van der Waals surface area contributed by atoms with Gasteiger partial charge in [0.25, 0.3) is 0 Å². The molecule has 1 amide bonds. The fraction of sp³-hybridized carbons (Fsp3) is 0.278. The quantitative estimate of drug-likeness (QED) is 0.395. The molecule has 2 aromatic carbocycles. The lowest BCUT2D eigenvalue weighted by atomic mass is 10.0. The molecular weight excluding hydrogens is 314 g/mol. The number of carbonyl (C=O) groups is 1. The minimum absolute atomic E-state index is 0.456. The number of rotatable bonds is 2. The summed E-state index contributed by atoms with van der Waals surface area (Å²) >= 11 is 7.71. The van der Waals surface area contributed by atoms with Crippen LogP contribution in [0.5, 0.6) is 0 Å². The van der Waals surface area contributed by atoms with Gasteiger partial charge in [-0.3, -0.25) is 9.69 Å². The largest absolute Gasteiger partial charge is 0.325 e.